The zero-order valence-electron chi connectivity index (χ0n) is 11.3. The van der Waals surface area contributed by atoms with Gasteiger partial charge in [-0.2, -0.15) is 0 Å². The van der Waals surface area contributed by atoms with Gasteiger partial charge >= 0.3 is 0 Å². The zero-order valence-corrected chi connectivity index (χ0v) is 12.1. The number of amides is 1. The molecule has 7 nitrogen and oxygen atoms in total. The van der Waals surface area contributed by atoms with E-state index in [0.717, 1.165) is 10.4 Å². The highest BCUT2D eigenvalue weighted by Crippen LogP contribution is 2.21. The summed E-state index contributed by atoms with van der Waals surface area (Å²) in [5.74, 6) is -0.515. The number of nitrogens with zero attached hydrogens (tertiary/aromatic N) is 5. The lowest BCUT2D eigenvalue weighted by atomic mass is 10.1. The summed E-state index contributed by atoms with van der Waals surface area (Å²) in [5.41, 5.74) is 0.983. The standard InChI is InChI=1S/C13H11FN6OS/c14-10-3-1-9(2-4-10)5-11-6-15-13(22-11)17-12(21)7-20-8-16-18-19-20/h1-4,6,8H,5,7H2,(H,15,17,21). The first kappa shape index (κ1) is 14.3. The maximum Gasteiger partial charge on any atom is 0.248 e. The highest BCUT2D eigenvalue weighted by molar-refractivity contribution is 7.15. The van der Waals surface area contributed by atoms with Crippen LogP contribution in [-0.4, -0.2) is 31.1 Å². The Labute approximate surface area is 128 Å². The van der Waals surface area contributed by atoms with Gasteiger partial charge in [0.1, 0.15) is 18.7 Å². The minimum atomic E-state index is -0.261. The molecule has 0 aliphatic rings. The number of anilines is 1. The van der Waals surface area contributed by atoms with Gasteiger partial charge in [0.25, 0.3) is 0 Å². The summed E-state index contributed by atoms with van der Waals surface area (Å²) in [5, 5.41) is 13.7. The van der Waals surface area contributed by atoms with Gasteiger partial charge in [-0.05, 0) is 28.1 Å². The number of nitrogens with one attached hydrogen (secondary N) is 1. The zero-order chi connectivity index (χ0) is 15.4. The highest BCUT2D eigenvalue weighted by atomic mass is 32.1. The molecule has 0 aliphatic heterocycles. The third-order valence-corrected chi connectivity index (χ3v) is 3.70. The third-order valence-electron chi connectivity index (χ3n) is 2.79. The van der Waals surface area contributed by atoms with Gasteiger partial charge in [-0.25, -0.2) is 14.1 Å². The van der Waals surface area contributed by atoms with E-state index < -0.39 is 0 Å². The van der Waals surface area contributed by atoms with Gasteiger partial charge in [-0.1, -0.05) is 12.1 Å². The van der Waals surface area contributed by atoms with Gasteiger partial charge in [0, 0.05) is 17.5 Å². The number of tetrazole rings is 1. The number of aromatic nitrogens is 5. The largest absolute Gasteiger partial charge is 0.300 e. The number of hydrogen-bond acceptors (Lipinski definition) is 6. The van der Waals surface area contributed by atoms with E-state index in [1.54, 1.807) is 18.3 Å². The number of rotatable bonds is 5. The second-order valence-corrected chi connectivity index (χ2v) is 5.61. The number of carbonyl (C=O) groups is 1. The Morgan fingerprint density at radius 2 is 2.14 bits per heavy atom. The van der Waals surface area contributed by atoms with Crippen molar-refractivity contribution in [2.24, 2.45) is 0 Å². The lowest BCUT2D eigenvalue weighted by Crippen LogP contribution is -2.18. The van der Waals surface area contributed by atoms with Gasteiger partial charge < -0.3 is 5.32 Å². The summed E-state index contributed by atoms with van der Waals surface area (Å²) in [6.07, 6.45) is 3.70. The van der Waals surface area contributed by atoms with Gasteiger partial charge in [0.15, 0.2) is 5.13 Å². The topological polar surface area (TPSA) is 85.6 Å². The molecule has 22 heavy (non-hydrogen) atoms. The lowest BCUT2D eigenvalue weighted by Gasteiger charge is -2.00. The summed E-state index contributed by atoms with van der Waals surface area (Å²) in [4.78, 5) is 16.9. The van der Waals surface area contributed by atoms with Crippen molar-refractivity contribution in [3.63, 3.8) is 0 Å². The predicted octanol–water partition coefficient (Wildman–Crippen LogP) is 1.50. The predicted molar refractivity (Wildman–Crippen MR) is 77.8 cm³/mol. The van der Waals surface area contributed by atoms with Crippen LogP contribution in [0.25, 0.3) is 0 Å². The first-order valence-corrected chi connectivity index (χ1v) is 7.20. The molecule has 3 aromatic rings. The van der Waals surface area contributed by atoms with Crippen molar-refractivity contribution in [1.82, 2.24) is 25.2 Å². The molecule has 0 radical (unpaired) electrons. The molecule has 0 bridgehead atoms. The Morgan fingerprint density at radius 3 is 2.86 bits per heavy atom. The quantitative estimate of drug-likeness (QED) is 0.770. The van der Waals surface area contributed by atoms with E-state index in [9.17, 15) is 9.18 Å². The number of thiazole rings is 1. The smallest absolute Gasteiger partial charge is 0.248 e. The number of halogens is 1. The van der Waals surface area contributed by atoms with Crippen LogP contribution >= 0.6 is 11.3 Å². The normalized spacial score (nSPS) is 10.6. The van der Waals surface area contributed by atoms with E-state index in [-0.39, 0.29) is 18.3 Å². The van der Waals surface area contributed by atoms with E-state index in [0.29, 0.717) is 11.6 Å². The summed E-state index contributed by atoms with van der Waals surface area (Å²) >= 11 is 1.38. The van der Waals surface area contributed by atoms with Gasteiger partial charge in [0.2, 0.25) is 5.91 Å². The van der Waals surface area contributed by atoms with Crippen LogP contribution in [0.3, 0.4) is 0 Å². The van der Waals surface area contributed by atoms with E-state index in [4.69, 9.17) is 0 Å². The molecule has 1 amide bonds. The molecule has 3 rings (SSSR count). The minimum Gasteiger partial charge on any atom is -0.300 e. The van der Waals surface area contributed by atoms with Crippen LogP contribution in [0.5, 0.6) is 0 Å². The average molecular weight is 318 g/mol. The van der Waals surface area contributed by atoms with Gasteiger partial charge in [-0.3, -0.25) is 4.79 Å². The fourth-order valence-corrected chi connectivity index (χ4v) is 2.67. The van der Waals surface area contributed by atoms with Crippen molar-refractivity contribution in [3.05, 3.63) is 53.0 Å². The van der Waals surface area contributed by atoms with Crippen LogP contribution in [0.4, 0.5) is 9.52 Å². The van der Waals surface area contributed by atoms with Crippen LogP contribution in [0.15, 0.2) is 36.8 Å². The Balaban J connectivity index is 1.58. The first-order valence-electron chi connectivity index (χ1n) is 6.39. The maximum absolute atomic E-state index is 12.9. The Bertz CT molecular complexity index is 755. The van der Waals surface area contributed by atoms with Crippen molar-refractivity contribution < 1.29 is 9.18 Å². The SMILES string of the molecule is O=C(Cn1cnnn1)Nc1ncc(Cc2ccc(F)cc2)s1. The van der Waals surface area contributed by atoms with Crippen molar-refractivity contribution >= 4 is 22.4 Å². The molecule has 112 valence electrons. The van der Waals surface area contributed by atoms with Crippen molar-refractivity contribution in [3.8, 4) is 0 Å². The molecular weight excluding hydrogens is 307 g/mol. The van der Waals surface area contributed by atoms with Gasteiger partial charge in [-0.15, -0.1) is 16.4 Å². The molecule has 0 saturated heterocycles. The van der Waals surface area contributed by atoms with Crippen molar-refractivity contribution in [2.75, 3.05) is 5.32 Å². The van der Waals surface area contributed by atoms with Crippen molar-refractivity contribution in [1.29, 1.82) is 0 Å². The lowest BCUT2D eigenvalue weighted by molar-refractivity contribution is -0.116. The van der Waals surface area contributed by atoms with E-state index >= 15 is 0 Å². The molecule has 0 aliphatic carbocycles. The summed E-state index contributed by atoms with van der Waals surface area (Å²) in [7, 11) is 0. The highest BCUT2D eigenvalue weighted by Gasteiger charge is 2.08. The molecular formula is C13H11FN6OS. The van der Waals surface area contributed by atoms with E-state index in [1.165, 1.54) is 34.5 Å². The van der Waals surface area contributed by atoms with Crippen LogP contribution in [0.2, 0.25) is 0 Å². The maximum atomic E-state index is 12.9. The number of carbonyl (C=O) groups excluding carboxylic acids is 1. The fraction of sp³-hybridized carbons (Fsp3) is 0.154. The molecule has 0 atom stereocenters. The van der Waals surface area contributed by atoms with Crippen LogP contribution in [0.1, 0.15) is 10.4 Å². The molecule has 0 fully saturated rings. The Morgan fingerprint density at radius 1 is 1.32 bits per heavy atom. The monoisotopic (exact) mass is 318 g/mol. The van der Waals surface area contributed by atoms with E-state index in [1.807, 2.05) is 0 Å². The molecule has 2 aromatic heterocycles. The Hall–Kier alpha value is -2.68. The van der Waals surface area contributed by atoms with E-state index in [2.05, 4.69) is 25.8 Å². The second-order valence-electron chi connectivity index (χ2n) is 4.49. The molecule has 2 heterocycles. The molecule has 0 saturated carbocycles. The van der Waals surface area contributed by atoms with Crippen molar-refractivity contribution in [2.45, 2.75) is 13.0 Å². The first-order chi connectivity index (χ1) is 10.7. The molecule has 9 heteroatoms. The van der Waals surface area contributed by atoms with Gasteiger partial charge in [0.05, 0.1) is 0 Å². The van der Waals surface area contributed by atoms with Crippen LogP contribution in [-0.2, 0) is 17.8 Å². The Kier molecular flexibility index (Phi) is 4.15. The summed E-state index contributed by atoms with van der Waals surface area (Å²) in [6, 6.07) is 6.30. The fourth-order valence-electron chi connectivity index (χ4n) is 1.81. The summed E-state index contributed by atoms with van der Waals surface area (Å²) < 4.78 is 14.2. The molecule has 1 aromatic carbocycles. The van der Waals surface area contributed by atoms with Crippen LogP contribution < -0.4 is 5.32 Å². The number of hydrogen-bond donors (Lipinski definition) is 1. The molecule has 1 N–H and O–H groups in total. The number of benzene rings is 1. The average Bonchev–Trinajstić information content (AvgIpc) is 3.14. The third kappa shape index (κ3) is 3.70. The minimum absolute atomic E-state index is 0.0277. The molecule has 0 unspecified atom stereocenters. The second kappa shape index (κ2) is 6.39. The summed E-state index contributed by atoms with van der Waals surface area (Å²) in [6.45, 7) is 0.0277. The molecule has 0 spiro atoms. The van der Waals surface area contributed by atoms with Crippen LogP contribution in [0, 0.1) is 5.82 Å².